The first-order valence-electron chi connectivity index (χ1n) is 8.28. The minimum absolute atomic E-state index is 0.0146. The number of carbonyl (C=O) groups excluding carboxylic acids is 1. The Morgan fingerprint density at radius 3 is 2.80 bits per heavy atom. The number of hydrogen-bond acceptors (Lipinski definition) is 5. The zero-order valence-corrected chi connectivity index (χ0v) is 15.2. The summed E-state index contributed by atoms with van der Waals surface area (Å²) in [7, 11) is 0. The largest absolute Gasteiger partial charge is 0.329 e. The number of thiazole rings is 1. The SMILES string of the molecule is Cc1cc(=O)n2[nH]c(C3CCCN3C(=O)c3sc(C)nc3C)cc2n1. The molecule has 4 heterocycles. The van der Waals surface area contributed by atoms with Crippen molar-refractivity contribution < 1.29 is 4.79 Å². The molecule has 1 unspecified atom stereocenters. The van der Waals surface area contributed by atoms with Gasteiger partial charge in [0.25, 0.3) is 11.5 Å². The lowest BCUT2D eigenvalue weighted by molar-refractivity contribution is 0.0736. The highest BCUT2D eigenvalue weighted by molar-refractivity contribution is 7.13. The quantitative estimate of drug-likeness (QED) is 0.763. The number of carbonyl (C=O) groups is 1. The van der Waals surface area contributed by atoms with Crippen LogP contribution in [-0.4, -0.2) is 36.9 Å². The maximum Gasteiger partial charge on any atom is 0.272 e. The summed E-state index contributed by atoms with van der Waals surface area (Å²) in [5.74, 6) is 0.0146. The Kier molecular flexibility index (Phi) is 3.72. The maximum absolute atomic E-state index is 13.0. The van der Waals surface area contributed by atoms with Gasteiger partial charge < -0.3 is 4.90 Å². The molecular weight excluding hydrogens is 338 g/mol. The van der Waals surface area contributed by atoms with Gasteiger partial charge >= 0.3 is 0 Å². The Labute approximate surface area is 148 Å². The van der Waals surface area contributed by atoms with Crippen molar-refractivity contribution in [2.45, 2.75) is 39.7 Å². The number of H-pyrrole nitrogens is 1. The van der Waals surface area contributed by atoms with Gasteiger partial charge in [-0.05, 0) is 33.6 Å². The molecular formula is C17H19N5O2S. The third kappa shape index (κ3) is 2.66. The lowest BCUT2D eigenvalue weighted by Crippen LogP contribution is -2.30. The highest BCUT2D eigenvalue weighted by Gasteiger charge is 2.33. The molecule has 25 heavy (non-hydrogen) atoms. The highest BCUT2D eigenvalue weighted by atomic mass is 32.1. The van der Waals surface area contributed by atoms with E-state index in [1.807, 2.05) is 24.8 Å². The Balaban J connectivity index is 1.72. The van der Waals surface area contributed by atoms with Crippen LogP contribution in [0.5, 0.6) is 0 Å². The molecule has 7 nitrogen and oxygen atoms in total. The van der Waals surface area contributed by atoms with E-state index < -0.39 is 0 Å². The maximum atomic E-state index is 13.0. The molecule has 8 heteroatoms. The minimum atomic E-state index is -0.140. The summed E-state index contributed by atoms with van der Waals surface area (Å²) in [6.45, 7) is 6.29. The average molecular weight is 357 g/mol. The van der Waals surface area contributed by atoms with Crippen LogP contribution in [0.3, 0.4) is 0 Å². The molecule has 1 aliphatic rings. The van der Waals surface area contributed by atoms with Gasteiger partial charge in [-0.3, -0.25) is 14.7 Å². The van der Waals surface area contributed by atoms with Crippen molar-refractivity contribution in [2.24, 2.45) is 0 Å². The number of nitrogens with zero attached hydrogens (tertiary/aromatic N) is 4. The number of amides is 1. The second kappa shape index (κ2) is 5.80. The fraction of sp³-hybridized carbons (Fsp3) is 0.412. The number of rotatable bonds is 2. The molecule has 0 spiro atoms. The number of hydrogen-bond donors (Lipinski definition) is 1. The molecule has 1 aliphatic heterocycles. The van der Waals surface area contributed by atoms with Gasteiger partial charge in [-0.2, -0.15) is 0 Å². The fourth-order valence-electron chi connectivity index (χ4n) is 3.49. The van der Waals surface area contributed by atoms with E-state index in [-0.39, 0.29) is 17.5 Å². The van der Waals surface area contributed by atoms with E-state index in [0.29, 0.717) is 22.8 Å². The number of nitrogens with one attached hydrogen (secondary N) is 1. The molecule has 1 saturated heterocycles. The van der Waals surface area contributed by atoms with Crippen molar-refractivity contribution in [2.75, 3.05) is 6.54 Å². The zero-order valence-electron chi connectivity index (χ0n) is 14.4. The zero-order chi connectivity index (χ0) is 17.7. The summed E-state index contributed by atoms with van der Waals surface area (Å²) in [5.41, 5.74) is 2.76. The average Bonchev–Trinajstić information content (AvgIpc) is 3.23. The first-order valence-corrected chi connectivity index (χ1v) is 9.10. The second-order valence-corrected chi connectivity index (χ2v) is 7.65. The third-order valence-electron chi connectivity index (χ3n) is 4.57. The van der Waals surface area contributed by atoms with Gasteiger partial charge in [0.1, 0.15) is 4.88 Å². The summed E-state index contributed by atoms with van der Waals surface area (Å²) in [6.07, 6.45) is 1.80. The molecule has 0 saturated carbocycles. The van der Waals surface area contributed by atoms with E-state index in [4.69, 9.17) is 0 Å². The first-order chi connectivity index (χ1) is 11.9. The van der Waals surface area contributed by atoms with Crippen LogP contribution in [0.4, 0.5) is 0 Å². The first kappa shape index (κ1) is 16.0. The molecule has 4 rings (SSSR count). The third-order valence-corrected chi connectivity index (χ3v) is 5.63. The molecule has 3 aromatic heterocycles. The van der Waals surface area contributed by atoms with Crippen molar-refractivity contribution >= 4 is 22.9 Å². The van der Waals surface area contributed by atoms with Crippen LogP contribution < -0.4 is 5.56 Å². The van der Waals surface area contributed by atoms with Crippen LogP contribution in [0.25, 0.3) is 5.65 Å². The van der Waals surface area contributed by atoms with Crippen molar-refractivity contribution in [3.63, 3.8) is 0 Å². The lowest BCUT2D eigenvalue weighted by atomic mass is 10.1. The lowest BCUT2D eigenvalue weighted by Gasteiger charge is -2.23. The van der Waals surface area contributed by atoms with Crippen LogP contribution >= 0.6 is 11.3 Å². The Hall–Kier alpha value is -2.48. The summed E-state index contributed by atoms with van der Waals surface area (Å²) in [6, 6.07) is 3.29. The highest BCUT2D eigenvalue weighted by Crippen LogP contribution is 2.34. The van der Waals surface area contributed by atoms with Crippen LogP contribution in [0.15, 0.2) is 16.9 Å². The van der Waals surface area contributed by atoms with Gasteiger partial charge in [-0.25, -0.2) is 14.5 Å². The normalized spacial score (nSPS) is 17.6. The van der Waals surface area contributed by atoms with E-state index >= 15 is 0 Å². The topological polar surface area (TPSA) is 83.4 Å². The molecule has 130 valence electrons. The van der Waals surface area contributed by atoms with Crippen LogP contribution in [0.1, 0.15) is 50.6 Å². The molecule has 3 aromatic rings. The van der Waals surface area contributed by atoms with E-state index in [2.05, 4.69) is 15.1 Å². The molecule has 0 aromatic carbocycles. The smallest absolute Gasteiger partial charge is 0.272 e. The number of aryl methyl sites for hydroxylation is 3. The van der Waals surface area contributed by atoms with Crippen molar-refractivity contribution in [3.8, 4) is 0 Å². The number of aromatic nitrogens is 4. The van der Waals surface area contributed by atoms with Crippen LogP contribution in [0, 0.1) is 20.8 Å². The van der Waals surface area contributed by atoms with E-state index in [0.717, 1.165) is 29.2 Å². The Morgan fingerprint density at radius 2 is 2.08 bits per heavy atom. The summed E-state index contributed by atoms with van der Waals surface area (Å²) >= 11 is 1.44. The van der Waals surface area contributed by atoms with Crippen molar-refractivity contribution in [1.29, 1.82) is 0 Å². The Bertz CT molecular complexity index is 1030. The number of fused-ring (bicyclic) bond motifs is 1. The number of likely N-dealkylation sites (tertiary alicyclic amines) is 1. The minimum Gasteiger partial charge on any atom is -0.329 e. The van der Waals surface area contributed by atoms with Gasteiger partial charge in [0.05, 0.1) is 22.4 Å². The summed E-state index contributed by atoms with van der Waals surface area (Å²) in [4.78, 5) is 36.5. The summed E-state index contributed by atoms with van der Waals surface area (Å²) < 4.78 is 1.44. The predicted molar refractivity (Wildman–Crippen MR) is 95.1 cm³/mol. The van der Waals surface area contributed by atoms with Crippen molar-refractivity contribution in [3.05, 3.63) is 49.5 Å². The summed E-state index contributed by atoms with van der Waals surface area (Å²) in [5, 5.41) is 4.02. The molecule has 0 aliphatic carbocycles. The van der Waals surface area contributed by atoms with Crippen LogP contribution in [0.2, 0.25) is 0 Å². The van der Waals surface area contributed by atoms with Gasteiger partial charge in [0, 0.05) is 24.4 Å². The van der Waals surface area contributed by atoms with E-state index in [1.54, 1.807) is 6.92 Å². The van der Waals surface area contributed by atoms with Gasteiger partial charge in [0.15, 0.2) is 5.65 Å². The Morgan fingerprint density at radius 1 is 1.28 bits per heavy atom. The van der Waals surface area contributed by atoms with E-state index in [1.165, 1.54) is 21.9 Å². The molecule has 1 atom stereocenters. The van der Waals surface area contributed by atoms with Gasteiger partial charge in [0.2, 0.25) is 0 Å². The van der Waals surface area contributed by atoms with Crippen molar-refractivity contribution in [1.82, 2.24) is 24.5 Å². The predicted octanol–water partition coefficient (Wildman–Crippen LogP) is 2.38. The fourth-order valence-corrected chi connectivity index (χ4v) is 4.37. The molecule has 0 bridgehead atoms. The number of aromatic amines is 1. The van der Waals surface area contributed by atoms with E-state index in [9.17, 15) is 9.59 Å². The van der Waals surface area contributed by atoms with Crippen LogP contribution in [-0.2, 0) is 0 Å². The molecule has 0 radical (unpaired) electrons. The standard InChI is InChI=1S/C17H19N5O2S/c1-9-7-15(23)22-14(18-9)8-12(20-22)13-5-4-6-21(13)17(24)16-10(2)19-11(3)25-16/h7-8,13,20H,4-6H2,1-3H3. The molecule has 1 amide bonds. The second-order valence-electron chi connectivity index (χ2n) is 6.44. The monoisotopic (exact) mass is 357 g/mol. The van der Waals surface area contributed by atoms with Gasteiger partial charge in [-0.1, -0.05) is 0 Å². The molecule has 1 N–H and O–H groups in total. The molecule has 1 fully saturated rings. The van der Waals surface area contributed by atoms with Gasteiger partial charge in [-0.15, -0.1) is 11.3 Å².